The zero-order valence-corrected chi connectivity index (χ0v) is 4.49. The molecular formula is H4BNP2. The van der Waals surface area contributed by atoms with E-state index in [9.17, 15) is 0 Å². The van der Waals surface area contributed by atoms with E-state index in [2.05, 4.69) is 18.8 Å². The molecule has 22 valence electrons. The molecule has 0 rings (SSSR count). The molecule has 2 unspecified atom stereocenters. The molecule has 0 bridgehead atoms. The van der Waals surface area contributed by atoms with Crippen LogP contribution in [0.15, 0.2) is 0 Å². The maximum absolute atomic E-state index is 4.87. The Labute approximate surface area is 32.1 Å². The van der Waals surface area contributed by atoms with Crippen molar-refractivity contribution in [3.05, 3.63) is 0 Å². The van der Waals surface area contributed by atoms with E-state index >= 15 is 0 Å². The van der Waals surface area contributed by atoms with Gasteiger partial charge in [0.2, 0.25) is 0 Å². The number of hydrogen-bond donors (Lipinski definition) is 0. The molecule has 0 aliphatic heterocycles. The van der Waals surface area contributed by atoms with Gasteiger partial charge in [-0.2, -0.15) is 0 Å². The summed E-state index contributed by atoms with van der Waals surface area (Å²) in [6.07, 6.45) is 0. The summed E-state index contributed by atoms with van der Waals surface area (Å²) in [5, 5.41) is 0. The van der Waals surface area contributed by atoms with Gasteiger partial charge in [0, 0.05) is 0 Å². The topological polar surface area (TPSA) is 3.24 Å². The van der Waals surface area contributed by atoms with Crippen molar-refractivity contribution in [1.82, 2.24) is 4.35 Å². The summed E-state index contributed by atoms with van der Waals surface area (Å²) in [6.45, 7) is 0. The van der Waals surface area contributed by atoms with E-state index in [1.807, 2.05) is 0 Å². The molecular weight excluding hydrogens is 86.8 g/mol. The van der Waals surface area contributed by atoms with Crippen LogP contribution in [-0.2, 0) is 0 Å². The van der Waals surface area contributed by atoms with Gasteiger partial charge in [-0.05, 0) is 0 Å². The monoisotopic (exact) mass is 91.0 g/mol. The first-order valence-electron chi connectivity index (χ1n) is 0.775. The van der Waals surface area contributed by atoms with Gasteiger partial charge in [-0.1, -0.05) is 18.8 Å². The van der Waals surface area contributed by atoms with Crippen molar-refractivity contribution in [1.29, 1.82) is 0 Å². The molecule has 4 heavy (non-hydrogen) atoms. The van der Waals surface area contributed by atoms with E-state index < -0.39 is 0 Å². The van der Waals surface area contributed by atoms with Crippen LogP contribution in [0.25, 0.3) is 0 Å². The average Bonchev–Trinajstić information content (AvgIpc) is 0.811. The quantitative estimate of drug-likeness (QED) is 0.298. The lowest BCUT2D eigenvalue weighted by molar-refractivity contribution is 1.26. The summed E-state index contributed by atoms with van der Waals surface area (Å²) in [7, 11) is 9.33. The van der Waals surface area contributed by atoms with Crippen LogP contribution in [0.3, 0.4) is 0 Å². The molecule has 0 N–H and O–H groups in total. The largest absolute Gasteiger partial charge is 0.323 e. The van der Waals surface area contributed by atoms with Crippen LogP contribution in [0.5, 0.6) is 0 Å². The SMILES string of the molecule is [B]N(P)P. The Morgan fingerprint density at radius 3 is 1.50 bits per heavy atom. The standard InChI is InChI=1S/BH4NP2/c1-2(3)4/h3-4H2. The van der Waals surface area contributed by atoms with Crippen molar-refractivity contribution < 1.29 is 0 Å². The van der Waals surface area contributed by atoms with Gasteiger partial charge in [-0.25, -0.2) is 0 Å². The van der Waals surface area contributed by atoms with Gasteiger partial charge in [0.25, 0.3) is 0 Å². The second-order valence-corrected chi connectivity index (χ2v) is 2.24. The number of hydrogen-bond acceptors (Lipinski definition) is 1. The van der Waals surface area contributed by atoms with Crippen LogP contribution in [0.4, 0.5) is 0 Å². The van der Waals surface area contributed by atoms with Crippen LogP contribution in [-0.4, -0.2) is 12.3 Å². The molecule has 0 aromatic heterocycles. The molecule has 0 aliphatic carbocycles. The summed E-state index contributed by atoms with van der Waals surface area (Å²) in [5.41, 5.74) is 0. The van der Waals surface area contributed by atoms with Gasteiger partial charge in [0.1, 0.15) is 0 Å². The summed E-state index contributed by atoms with van der Waals surface area (Å²) >= 11 is 0. The second-order valence-electron chi connectivity index (χ2n) is 0.447. The fraction of sp³-hybridized carbons (Fsp3) is 0. The lowest BCUT2D eigenvalue weighted by atomic mass is 10.5. The molecule has 0 aliphatic rings. The van der Waals surface area contributed by atoms with Crippen molar-refractivity contribution >= 4 is 26.8 Å². The van der Waals surface area contributed by atoms with Crippen LogP contribution in [0.1, 0.15) is 0 Å². The fourth-order valence-corrected chi connectivity index (χ4v) is 0. The average molecular weight is 90.8 g/mol. The minimum absolute atomic E-state index is 1.33. The Morgan fingerprint density at radius 2 is 1.50 bits per heavy atom. The molecule has 0 fully saturated rings. The molecule has 1 nitrogen and oxygen atoms in total. The maximum atomic E-state index is 4.87. The summed E-state index contributed by atoms with van der Waals surface area (Å²) < 4.78 is 1.33. The molecule has 0 aromatic rings. The Balaban J connectivity index is 2.32. The van der Waals surface area contributed by atoms with E-state index in [-0.39, 0.29) is 0 Å². The van der Waals surface area contributed by atoms with Crippen molar-refractivity contribution in [3.8, 4) is 0 Å². The lowest BCUT2D eigenvalue weighted by Crippen LogP contribution is -1.79. The molecule has 0 amide bonds. The van der Waals surface area contributed by atoms with Crippen LogP contribution in [0, 0.1) is 0 Å². The van der Waals surface area contributed by atoms with Crippen LogP contribution >= 0.6 is 18.8 Å². The minimum Gasteiger partial charge on any atom is -0.323 e. The zero-order chi connectivity index (χ0) is 3.58. The maximum Gasteiger partial charge on any atom is 0.193 e. The van der Waals surface area contributed by atoms with E-state index in [0.717, 1.165) is 0 Å². The lowest BCUT2D eigenvalue weighted by Gasteiger charge is -1.90. The first-order chi connectivity index (χ1) is 1.73. The van der Waals surface area contributed by atoms with Gasteiger partial charge >= 0.3 is 0 Å². The Kier molecular flexibility index (Phi) is 2.62. The number of nitrogens with zero attached hydrogens (tertiary/aromatic N) is 1. The van der Waals surface area contributed by atoms with Gasteiger partial charge in [0.05, 0.1) is 0 Å². The molecule has 0 heterocycles. The van der Waals surface area contributed by atoms with Crippen molar-refractivity contribution in [3.63, 3.8) is 0 Å². The summed E-state index contributed by atoms with van der Waals surface area (Å²) in [5.74, 6) is 0. The third-order valence-electron chi connectivity index (χ3n) is 0. The van der Waals surface area contributed by atoms with Gasteiger partial charge in [-0.15, -0.1) is 0 Å². The smallest absolute Gasteiger partial charge is 0.193 e. The van der Waals surface area contributed by atoms with E-state index in [1.165, 1.54) is 4.35 Å². The second kappa shape index (κ2) is 2.14. The highest BCUT2D eigenvalue weighted by Gasteiger charge is 1.59. The minimum atomic E-state index is 1.33. The molecule has 0 aromatic carbocycles. The fourth-order valence-electron chi connectivity index (χ4n) is 0. The first kappa shape index (κ1) is 4.88. The highest BCUT2D eigenvalue weighted by atomic mass is 31.1. The summed E-state index contributed by atoms with van der Waals surface area (Å²) in [4.78, 5) is 0. The van der Waals surface area contributed by atoms with Crippen molar-refractivity contribution in [2.24, 2.45) is 0 Å². The van der Waals surface area contributed by atoms with E-state index in [1.54, 1.807) is 0 Å². The van der Waals surface area contributed by atoms with Gasteiger partial charge < -0.3 is 4.35 Å². The highest BCUT2D eigenvalue weighted by Crippen LogP contribution is 1.95. The Hall–Kier alpha value is 0.885. The first-order valence-corrected chi connectivity index (χ1v) is 1.81. The van der Waals surface area contributed by atoms with Gasteiger partial charge in [0.15, 0.2) is 7.98 Å². The molecule has 2 radical (unpaired) electrons. The Bertz CT molecular complexity index is 10.8. The van der Waals surface area contributed by atoms with Gasteiger partial charge in [-0.3, -0.25) is 0 Å². The highest BCUT2D eigenvalue weighted by molar-refractivity contribution is 7.33. The van der Waals surface area contributed by atoms with E-state index in [4.69, 9.17) is 7.98 Å². The van der Waals surface area contributed by atoms with Crippen molar-refractivity contribution in [2.75, 3.05) is 0 Å². The molecule has 0 saturated heterocycles. The number of rotatable bonds is 0. The Morgan fingerprint density at radius 1 is 1.50 bits per heavy atom. The van der Waals surface area contributed by atoms with Crippen LogP contribution < -0.4 is 0 Å². The normalized spacial score (nSPS) is 8.75. The predicted octanol–water partition coefficient (Wildman–Crippen LogP) is -0.0479. The molecule has 2 atom stereocenters. The molecule has 0 spiro atoms. The van der Waals surface area contributed by atoms with Crippen LogP contribution in [0.2, 0.25) is 0 Å². The molecule has 4 heteroatoms. The zero-order valence-electron chi connectivity index (χ0n) is 2.18. The third kappa shape index (κ3) is 13.1. The third-order valence-corrected chi connectivity index (χ3v) is 0. The van der Waals surface area contributed by atoms with Crippen molar-refractivity contribution in [2.45, 2.75) is 0 Å². The van der Waals surface area contributed by atoms with E-state index in [0.29, 0.717) is 0 Å². The predicted molar refractivity (Wildman–Crippen MR) is 27.0 cm³/mol. The summed E-state index contributed by atoms with van der Waals surface area (Å²) in [6, 6.07) is 0. The molecule has 0 saturated carbocycles.